The Kier molecular flexibility index (Phi) is 3.79. The molecule has 1 N–H and O–H groups in total. The smallest absolute Gasteiger partial charge is 0.256 e. The van der Waals surface area contributed by atoms with Crippen molar-refractivity contribution in [1.29, 1.82) is 0 Å². The Hall–Kier alpha value is -0.930. The summed E-state index contributed by atoms with van der Waals surface area (Å²) in [4.78, 5) is 14.0. The molecule has 0 atom stereocenters. The lowest BCUT2D eigenvalue weighted by atomic mass is 10.1. The molecule has 1 radical (unpaired) electrons. The van der Waals surface area contributed by atoms with Crippen LogP contribution in [0.5, 0.6) is 0 Å². The molecule has 0 aromatic heterocycles. The number of amides is 1. The van der Waals surface area contributed by atoms with E-state index in [0.717, 1.165) is 25.9 Å². The number of nitrogens with one attached hydrogen (secondary N) is 1. The van der Waals surface area contributed by atoms with Crippen LogP contribution in [0, 0.1) is 7.05 Å². The topological polar surface area (TPSA) is 32.3 Å². The minimum Gasteiger partial charge on any atom is -0.383 e. The number of carbonyl (C=O) groups excluding carboxylic acids is 1. The van der Waals surface area contributed by atoms with Crippen LogP contribution in [0.4, 0.5) is 5.69 Å². The SMILES string of the molecule is [CH2]Nc1cc(Cl)c(C(=O)N2CCCC2)c(Cl)c1. The lowest BCUT2D eigenvalue weighted by molar-refractivity contribution is 0.0793. The summed E-state index contributed by atoms with van der Waals surface area (Å²) in [6, 6.07) is 3.31. The number of rotatable bonds is 2. The van der Waals surface area contributed by atoms with E-state index in [1.54, 1.807) is 17.0 Å². The van der Waals surface area contributed by atoms with E-state index in [0.29, 0.717) is 21.3 Å². The van der Waals surface area contributed by atoms with Gasteiger partial charge in [-0.15, -0.1) is 0 Å². The number of halogens is 2. The highest BCUT2D eigenvalue weighted by atomic mass is 35.5. The van der Waals surface area contributed by atoms with Crippen molar-refractivity contribution >= 4 is 34.8 Å². The largest absolute Gasteiger partial charge is 0.383 e. The number of nitrogens with zero attached hydrogens (tertiary/aromatic N) is 1. The van der Waals surface area contributed by atoms with Gasteiger partial charge in [0.2, 0.25) is 0 Å². The zero-order chi connectivity index (χ0) is 12.4. The van der Waals surface area contributed by atoms with Gasteiger partial charge in [0, 0.05) is 25.8 Å². The summed E-state index contributed by atoms with van der Waals surface area (Å²) >= 11 is 12.2. The maximum Gasteiger partial charge on any atom is 0.256 e. The van der Waals surface area contributed by atoms with Crippen molar-refractivity contribution in [2.24, 2.45) is 0 Å². The fraction of sp³-hybridized carbons (Fsp3) is 0.333. The van der Waals surface area contributed by atoms with Crippen molar-refractivity contribution in [2.45, 2.75) is 12.8 Å². The molecule has 91 valence electrons. The van der Waals surface area contributed by atoms with Crippen molar-refractivity contribution in [3.63, 3.8) is 0 Å². The Bertz CT molecular complexity index is 419. The highest BCUT2D eigenvalue weighted by molar-refractivity contribution is 6.40. The zero-order valence-corrected chi connectivity index (χ0v) is 10.8. The lowest BCUT2D eigenvalue weighted by Gasteiger charge is -2.17. The number of hydrogen-bond donors (Lipinski definition) is 1. The highest BCUT2D eigenvalue weighted by Crippen LogP contribution is 2.30. The average Bonchev–Trinajstić information content (AvgIpc) is 2.81. The number of likely N-dealkylation sites (tertiary alicyclic amines) is 1. The van der Waals surface area contributed by atoms with E-state index in [1.165, 1.54) is 0 Å². The first-order chi connectivity index (χ1) is 8.13. The highest BCUT2D eigenvalue weighted by Gasteiger charge is 2.24. The molecule has 17 heavy (non-hydrogen) atoms. The second kappa shape index (κ2) is 5.15. The zero-order valence-electron chi connectivity index (χ0n) is 9.30. The molecule has 1 saturated heterocycles. The molecule has 1 fully saturated rings. The van der Waals surface area contributed by atoms with Crippen LogP contribution in [0.15, 0.2) is 12.1 Å². The molecule has 3 nitrogen and oxygen atoms in total. The maximum atomic E-state index is 12.2. The van der Waals surface area contributed by atoms with E-state index in [2.05, 4.69) is 12.4 Å². The van der Waals surface area contributed by atoms with Crippen molar-refractivity contribution in [3.8, 4) is 0 Å². The van der Waals surface area contributed by atoms with E-state index in [-0.39, 0.29) is 5.91 Å². The van der Waals surface area contributed by atoms with E-state index >= 15 is 0 Å². The molecule has 1 aromatic carbocycles. The van der Waals surface area contributed by atoms with Crippen LogP contribution in [-0.4, -0.2) is 23.9 Å². The van der Waals surface area contributed by atoms with Crippen LogP contribution in [-0.2, 0) is 0 Å². The Labute approximate surface area is 111 Å². The molecule has 1 aromatic rings. The van der Waals surface area contributed by atoms with Crippen LogP contribution in [0.1, 0.15) is 23.2 Å². The van der Waals surface area contributed by atoms with Gasteiger partial charge in [-0.2, -0.15) is 0 Å². The number of anilines is 1. The van der Waals surface area contributed by atoms with Gasteiger partial charge in [-0.05, 0) is 25.0 Å². The molecule has 0 aliphatic carbocycles. The van der Waals surface area contributed by atoms with Crippen LogP contribution < -0.4 is 5.32 Å². The maximum absolute atomic E-state index is 12.2. The van der Waals surface area contributed by atoms with Gasteiger partial charge in [-0.25, -0.2) is 0 Å². The van der Waals surface area contributed by atoms with Crippen LogP contribution in [0.3, 0.4) is 0 Å². The van der Waals surface area contributed by atoms with Gasteiger partial charge in [0.05, 0.1) is 15.6 Å². The second-order valence-electron chi connectivity index (χ2n) is 3.99. The third-order valence-electron chi connectivity index (χ3n) is 2.85. The van der Waals surface area contributed by atoms with E-state index in [9.17, 15) is 4.79 Å². The lowest BCUT2D eigenvalue weighted by Crippen LogP contribution is -2.28. The average molecular weight is 272 g/mol. The molecular formula is C12H13Cl2N2O. The molecule has 1 aliphatic rings. The third-order valence-corrected chi connectivity index (χ3v) is 3.45. The van der Waals surface area contributed by atoms with Gasteiger partial charge in [-0.3, -0.25) is 4.79 Å². The Morgan fingerprint density at radius 2 is 1.76 bits per heavy atom. The molecule has 1 aliphatic heterocycles. The standard InChI is InChI=1S/C12H13Cl2N2O/c1-15-8-6-9(13)11(10(14)7-8)12(17)16-4-2-3-5-16/h6-7,15H,1-5H2. The summed E-state index contributed by atoms with van der Waals surface area (Å²) in [5.74, 6) is -0.0897. The van der Waals surface area contributed by atoms with Crippen molar-refractivity contribution in [1.82, 2.24) is 4.90 Å². The number of hydrogen-bond acceptors (Lipinski definition) is 2. The van der Waals surface area contributed by atoms with Gasteiger partial charge in [-0.1, -0.05) is 23.2 Å². The summed E-state index contributed by atoms with van der Waals surface area (Å²) in [5, 5.41) is 3.42. The van der Waals surface area contributed by atoms with Crippen molar-refractivity contribution in [2.75, 3.05) is 18.4 Å². The van der Waals surface area contributed by atoms with Crippen LogP contribution in [0.2, 0.25) is 10.0 Å². The summed E-state index contributed by atoms with van der Waals surface area (Å²) in [7, 11) is 3.53. The number of carbonyl (C=O) groups is 1. The predicted octanol–water partition coefficient (Wildman–Crippen LogP) is 3.43. The molecular weight excluding hydrogens is 259 g/mol. The van der Waals surface area contributed by atoms with Crippen LogP contribution >= 0.6 is 23.2 Å². The Morgan fingerprint density at radius 1 is 1.24 bits per heavy atom. The minimum atomic E-state index is -0.0897. The Balaban J connectivity index is 2.34. The van der Waals surface area contributed by atoms with Gasteiger partial charge >= 0.3 is 0 Å². The second-order valence-corrected chi connectivity index (χ2v) is 4.81. The van der Waals surface area contributed by atoms with Crippen molar-refractivity contribution in [3.05, 3.63) is 34.8 Å². The van der Waals surface area contributed by atoms with Gasteiger partial charge < -0.3 is 10.2 Å². The molecule has 1 heterocycles. The summed E-state index contributed by atoms with van der Waals surface area (Å²) in [5.41, 5.74) is 1.08. The summed E-state index contributed by atoms with van der Waals surface area (Å²) in [6.07, 6.45) is 2.08. The van der Waals surface area contributed by atoms with Crippen molar-refractivity contribution < 1.29 is 4.79 Å². The predicted molar refractivity (Wildman–Crippen MR) is 70.6 cm³/mol. The quantitative estimate of drug-likeness (QED) is 0.894. The van der Waals surface area contributed by atoms with Gasteiger partial charge in [0.25, 0.3) is 5.91 Å². The van der Waals surface area contributed by atoms with Crippen LogP contribution in [0.25, 0.3) is 0 Å². The number of benzene rings is 1. The molecule has 0 saturated carbocycles. The van der Waals surface area contributed by atoms with E-state index < -0.39 is 0 Å². The minimum absolute atomic E-state index is 0.0897. The summed E-state index contributed by atoms with van der Waals surface area (Å²) in [6.45, 7) is 1.56. The Morgan fingerprint density at radius 3 is 2.24 bits per heavy atom. The molecule has 2 rings (SSSR count). The van der Waals surface area contributed by atoms with E-state index in [4.69, 9.17) is 23.2 Å². The fourth-order valence-corrected chi connectivity index (χ4v) is 2.61. The first-order valence-corrected chi connectivity index (χ1v) is 6.20. The summed E-state index contributed by atoms with van der Waals surface area (Å²) < 4.78 is 0. The normalized spacial score (nSPS) is 15.1. The first-order valence-electron chi connectivity index (χ1n) is 5.45. The van der Waals surface area contributed by atoms with E-state index in [1.807, 2.05) is 0 Å². The fourth-order valence-electron chi connectivity index (χ4n) is 1.96. The monoisotopic (exact) mass is 271 g/mol. The molecule has 5 heteroatoms. The first kappa shape index (κ1) is 12.5. The molecule has 0 spiro atoms. The molecule has 0 bridgehead atoms. The molecule has 0 unspecified atom stereocenters. The van der Waals surface area contributed by atoms with Gasteiger partial charge in [0.1, 0.15) is 0 Å². The molecule has 1 amide bonds. The third kappa shape index (κ3) is 2.50. The van der Waals surface area contributed by atoms with Gasteiger partial charge in [0.15, 0.2) is 0 Å².